The maximum Gasteiger partial charge on any atom is 0.0992 e. The van der Waals surface area contributed by atoms with Gasteiger partial charge in [-0.25, -0.2) is 0 Å². The summed E-state index contributed by atoms with van der Waals surface area (Å²) >= 11 is 0. The number of nitriles is 1. The molecule has 1 aliphatic rings. The van der Waals surface area contributed by atoms with E-state index in [0.29, 0.717) is 5.56 Å². The second kappa shape index (κ2) is 4.12. The van der Waals surface area contributed by atoms with Gasteiger partial charge >= 0.3 is 0 Å². The van der Waals surface area contributed by atoms with E-state index in [0.717, 1.165) is 23.4 Å². The largest absolute Gasteiger partial charge is 0.252 e. The van der Waals surface area contributed by atoms with Gasteiger partial charge in [-0.3, -0.25) is 4.99 Å². The zero-order valence-corrected chi connectivity index (χ0v) is 10.1. The molecule has 86 valence electrons. The topological polar surface area (TPSA) is 36.1 Å². The molecule has 1 heterocycles. The van der Waals surface area contributed by atoms with E-state index >= 15 is 0 Å². The van der Waals surface area contributed by atoms with Gasteiger partial charge in [-0.1, -0.05) is 35.9 Å². The van der Waals surface area contributed by atoms with Crippen molar-refractivity contribution in [3.63, 3.8) is 0 Å². The third-order valence-electron chi connectivity index (χ3n) is 3.21. The quantitative estimate of drug-likeness (QED) is 0.740. The molecule has 0 saturated heterocycles. The van der Waals surface area contributed by atoms with E-state index in [-0.39, 0.29) is 0 Å². The highest BCUT2D eigenvalue weighted by Gasteiger charge is 2.16. The van der Waals surface area contributed by atoms with Crippen molar-refractivity contribution in [3.8, 4) is 6.07 Å². The van der Waals surface area contributed by atoms with E-state index < -0.39 is 0 Å². The van der Waals surface area contributed by atoms with Gasteiger partial charge in [-0.05, 0) is 30.2 Å². The van der Waals surface area contributed by atoms with E-state index in [1.165, 1.54) is 11.1 Å². The number of benzene rings is 2. The van der Waals surface area contributed by atoms with Crippen LogP contribution >= 0.6 is 0 Å². The number of fused-ring (bicyclic) bond motifs is 1. The van der Waals surface area contributed by atoms with Crippen molar-refractivity contribution in [1.29, 1.82) is 5.26 Å². The van der Waals surface area contributed by atoms with Crippen molar-refractivity contribution < 1.29 is 0 Å². The molecule has 0 unspecified atom stereocenters. The van der Waals surface area contributed by atoms with E-state index in [1.54, 1.807) is 0 Å². The Bertz CT molecular complexity index is 673. The molecular formula is C16H12N2. The number of nitrogens with zero attached hydrogens (tertiary/aromatic N) is 2. The highest BCUT2D eigenvalue weighted by molar-refractivity contribution is 6.06. The van der Waals surface area contributed by atoms with Crippen LogP contribution in [0, 0.1) is 18.3 Å². The van der Waals surface area contributed by atoms with E-state index in [1.807, 2.05) is 18.2 Å². The minimum atomic E-state index is 0.669. The average Bonchev–Trinajstić information content (AvgIpc) is 2.82. The highest BCUT2D eigenvalue weighted by Crippen LogP contribution is 2.29. The van der Waals surface area contributed by atoms with E-state index in [4.69, 9.17) is 5.26 Å². The molecule has 0 fully saturated rings. The fourth-order valence-corrected chi connectivity index (χ4v) is 2.16. The van der Waals surface area contributed by atoms with Crippen molar-refractivity contribution in [2.45, 2.75) is 13.3 Å². The number of aryl methyl sites for hydroxylation is 1. The second-order valence-corrected chi connectivity index (χ2v) is 4.56. The Hall–Kier alpha value is -2.40. The van der Waals surface area contributed by atoms with Crippen LogP contribution in [0.5, 0.6) is 0 Å². The Kier molecular flexibility index (Phi) is 2.46. The molecule has 1 aliphatic heterocycles. The summed E-state index contributed by atoms with van der Waals surface area (Å²) in [6.45, 7) is 2.08. The summed E-state index contributed by atoms with van der Waals surface area (Å²) < 4.78 is 0. The first kappa shape index (κ1) is 10.7. The van der Waals surface area contributed by atoms with Crippen LogP contribution in [-0.2, 0) is 6.42 Å². The number of aliphatic imine (C=N–C) groups is 1. The van der Waals surface area contributed by atoms with Crippen molar-refractivity contribution in [1.82, 2.24) is 0 Å². The van der Waals surface area contributed by atoms with Gasteiger partial charge in [0, 0.05) is 6.42 Å². The van der Waals surface area contributed by atoms with Gasteiger partial charge < -0.3 is 0 Å². The van der Waals surface area contributed by atoms with Gasteiger partial charge in [-0.15, -0.1) is 0 Å². The van der Waals surface area contributed by atoms with Gasteiger partial charge in [0.2, 0.25) is 0 Å². The molecule has 2 heteroatoms. The van der Waals surface area contributed by atoms with Crippen LogP contribution < -0.4 is 0 Å². The van der Waals surface area contributed by atoms with Crippen LogP contribution in [-0.4, -0.2) is 5.71 Å². The summed E-state index contributed by atoms with van der Waals surface area (Å²) in [5.74, 6) is 0. The lowest BCUT2D eigenvalue weighted by molar-refractivity contribution is 1.37. The molecule has 0 bridgehead atoms. The molecule has 3 rings (SSSR count). The fourth-order valence-electron chi connectivity index (χ4n) is 2.16. The molecule has 0 atom stereocenters. The Labute approximate surface area is 106 Å². The molecular weight excluding hydrogens is 220 g/mol. The molecule has 0 aliphatic carbocycles. The number of rotatable bonds is 1. The molecule has 2 aromatic carbocycles. The van der Waals surface area contributed by atoms with Crippen molar-refractivity contribution in [2.24, 2.45) is 4.99 Å². The average molecular weight is 232 g/mol. The maximum absolute atomic E-state index is 8.88. The molecule has 0 radical (unpaired) electrons. The SMILES string of the molecule is Cc1ccc(C2=Nc3cc(C#N)ccc3C2)cc1. The predicted octanol–water partition coefficient (Wildman–Crippen LogP) is 3.54. The first-order chi connectivity index (χ1) is 8.76. The third-order valence-corrected chi connectivity index (χ3v) is 3.21. The smallest absolute Gasteiger partial charge is 0.0992 e. The third kappa shape index (κ3) is 1.80. The van der Waals surface area contributed by atoms with Crippen molar-refractivity contribution >= 4 is 11.4 Å². The molecule has 0 spiro atoms. The van der Waals surface area contributed by atoms with Crippen LogP contribution in [0.15, 0.2) is 47.5 Å². The summed E-state index contributed by atoms with van der Waals surface area (Å²) in [7, 11) is 0. The van der Waals surface area contributed by atoms with Gasteiger partial charge in [0.1, 0.15) is 0 Å². The zero-order valence-electron chi connectivity index (χ0n) is 10.1. The van der Waals surface area contributed by atoms with Gasteiger partial charge in [0.15, 0.2) is 0 Å². The minimum absolute atomic E-state index is 0.669. The molecule has 0 amide bonds. The van der Waals surface area contributed by atoms with E-state index in [2.05, 4.69) is 42.3 Å². The lowest BCUT2D eigenvalue weighted by Gasteiger charge is -2.00. The Morgan fingerprint density at radius 3 is 2.61 bits per heavy atom. The standard InChI is InChI=1S/C16H12N2/c1-11-2-5-13(6-3-11)16-9-14-7-4-12(10-17)8-15(14)18-16/h2-8H,9H2,1H3. The molecule has 2 aromatic rings. The Morgan fingerprint density at radius 2 is 1.89 bits per heavy atom. The minimum Gasteiger partial charge on any atom is -0.252 e. The van der Waals surface area contributed by atoms with Crippen LogP contribution in [0.25, 0.3) is 0 Å². The zero-order chi connectivity index (χ0) is 12.5. The normalized spacial score (nSPS) is 12.8. The summed E-state index contributed by atoms with van der Waals surface area (Å²) in [6, 6.07) is 16.3. The lowest BCUT2D eigenvalue weighted by Crippen LogP contribution is -1.99. The lowest BCUT2D eigenvalue weighted by atomic mass is 10.0. The summed E-state index contributed by atoms with van der Waals surface area (Å²) in [6.07, 6.45) is 0.851. The Morgan fingerprint density at radius 1 is 1.11 bits per heavy atom. The summed E-state index contributed by atoms with van der Waals surface area (Å²) in [5.41, 5.74) is 6.30. The van der Waals surface area contributed by atoms with Crippen LogP contribution in [0.2, 0.25) is 0 Å². The molecule has 0 saturated carbocycles. The molecule has 18 heavy (non-hydrogen) atoms. The van der Waals surface area contributed by atoms with Gasteiger partial charge in [0.25, 0.3) is 0 Å². The summed E-state index contributed by atoms with van der Waals surface area (Å²) in [4.78, 5) is 4.63. The van der Waals surface area contributed by atoms with Gasteiger partial charge in [-0.2, -0.15) is 5.26 Å². The number of hydrogen-bond donors (Lipinski definition) is 0. The summed E-state index contributed by atoms with van der Waals surface area (Å²) in [5, 5.41) is 8.88. The van der Waals surface area contributed by atoms with E-state index in [9.17, 15) is 0 Å². The first-order valence-corrected chi connectivity index (χ1v) is 5.94. The fraction of sp³-hybridized carbons (Fsp3) is 0.125. The molecule has 0 aromatic heterocycles. The highest BCUT2D eigenvalue weighted by atomic mass is 14.8. The second-order valence-electron chi connectivity index (χ2n) is 4.56. The monoisotopic (exact) mass is 232 g/mol. The van der Waals surface area contributed by atoms with Crippen molar-refractivity contribution in [2.75, 3.05) is 0 Å². The maximum atomic E-state index is 8.88. The Balaban J connectivity index is 1.99. The predicted molar refractivity (Wildman–Crippen MR) is 72.2 cm³/mol. The first-order valence-electron chi connectivity index (χ1n) is 5.94. The van der Waals surface area contributed by atoms with Crippen LogP contribution in [0.4, 0.5) is 5.69 Å². The molecule has 2 nitrogen and oxygen atoms in total. The molecule has 0 N–H and O–H groups in total. The van der Waals surface area contributed by atoms with Crippen LogP contribution in [0.1, 0.15) is 22.3 Å². The van der Waals surface area contributed by atoms with Crippen LogP contribution in [0.3, 0.4) is 0 Å². The number of hydrogen-bond acceptors (Lipinski definition) is 2. The van der Waals surface area contributed by atoms with Gasteiger partial charge in [0.05, 0.1) is 23.0 Å². The van der Waals surface area contributed by atoms with Crippen molar-refractivity contribution in [3.05, 3.63) is 64.7 Å².